The van der Waals surface area contributed by atoms with Gasteiger partial charge in [-0.15, -0.1) is 10.2 Å². The largest absolute Gasteiger partial charge is 0.459 e. The second kappa shape index (κ2) is 5.47. The highest BCUT2D eigenvalue weighted by atomic mass is 35.5. The molecule has 1 aliphatic heterocycles. The van der Waals surface area contributed by atoms with Gasteiger partial charge >= 0.3 is 0 Å². The third-order valence-corrected chi connectivity index (χ3v) is 4.23. The predicted molar refractivity (Wildman–Crippen MR) is 82.7 cm³/mol. The standard InChI is InChI=1S/C15H7Cl2N3O4/c16-9-4-7-8(5-10(9)17)15(22)20(14(7)21)6-12-18-19-13(24-12)11-2-1-3-23-11/h1-5H,6H2. The first-order valence-electron chi connectivity index (χ1n) is 6.76. The van der Waals surface area contributed by atoms with Crippen LogP contribution in [0.3, 0.4) is 0 Å². The Kier molecular flexibility index (Phi) is 3.40. The Hall–Kier alpha value is -2.64. The minimum absolute atomic E-state index is 0.105. The smallest absolute Gasteiger partial charge is 0.283 e. The number of aromatic nitrogens is 2. The van der Waals surface area contributed by atoms with Crippen molar-refractivity contribution >= 4 is 35.0 Å². The SMILES string of the molecule is O=C1c2cc(Cl)c(Cl)cc2C(=O)N1Cc1nnc(-c2ccco2)o1. The third kappa shape index (κ3) is 2.29. The second-order valence-corrected chi connectivity index (χ2v) is 5.80. The molecule has 0 fully saturated rings. The summed E-state index contributed by atoms with van der Waals surface area (Å²) in [7, 11) is 0. The molecule has 1 aromatic carbocycles. The lowest BCUT2D eigenvalue weighted by atomic mass is 10.1. The molecule has 3 aromatic rings. The molecule has 0 saturated heterocycles. The van der Waals surface area contributed by atoms with Gasteiger partial charge in [-0.2, -0.15) is 0 Å². The monoisotopic (exact) mass is 363 g/mol. The molecule has 4 rings (SSSR count). The Balaban J connectivity index is 1.62. The van der Waals surface area contributed by atoms with Crippen molar-refractivity contribution in [2.24, 2.45) is 0 Å². The van der Waals surface area contributed by atoms with Crippen molar-refractivity contribution in [3.8, 4) is 11.7 Å². The predicted octanol–water partition coefficient (Wildman–Crippen LogP) is 3.43. The molecule has 0 saturated carbocycles. The highest BCUT2D eigenvalue weighted by Gasteiger charge is 2.37. The number of hydrogen-bond donors (Lipinski definition) is 0. The molecule has 2 aromatic heterocycles. The molecule has 0 spiro atoms. The van der Waals surface area contributed by atoms with Gasteiger partial charge in [-0.05, 0) is 24.3 Å². The summed E-state index contributed by atoms with van der Waals surface area (Å²) in [6.07, 6.45) is 1.47. The number of furan rings is 1. The van der Waals surface area contributed by atoms with Crippen molar-refractivity contribution in [2.45, 2.75) is 6.54 Å². The van der Waals surface area contributed by atoms with Gasteiger partial charge in [0.25, 0.3) is 17.7 Å². The van der Waals surface area contributed by atoms with Crippen LogP contribution in [-0.4, -0.2) is 26.9 Å². The van der Waals surface area contributed by atoms with E-state index >= 15 is 0 Å². The van der Waals surface area contributed by atoms with Crippen LogP contribution in [0.25, 0.3) is 11.7 Å². The van der Waals surface area contributed by atoms with Gasteiger partial charge in [0.15, 0.2) is 5.76 Å². The molecule has 7 nitrogen and oxygen atoms in total. The summed E-state index contributed by atoms with van der Waals surface area (Å²) in [4.78, 5) is 25.8. The summed E-state index contributed by atoms with van der Waals surface area (Å²) in [5, 5.41) is 8.06. The van der Waals surface area contributed by atoms with E-state index in [0.29, 0.717) is 5.76 Å². The lowest BCUT2D eigenvalue weighted by Crippen LogP contribution is -2.29. The Labute approximate surface area is 144 Å². The van der Waals surface area contributed by atoms with E-state index in [9.17, 15) is 9.59 Å². The van der Waals surface area contributed by atoms with E-state index in [-0.39, 0.29) is 39.5 Å². The summed E-state index contributed by atoms with van der Waals surface area (Å²) in [5.74, 6) is -0.321. The number of carbonyl (C=O) groups excluding carboxylic acids is 2. The number of imide groups is 1. The topological polar surface area (TPSA) is 89.4 Å². The lowest BCUT2D eigenvalue weighted by molar-refractivity contribution is 0.0629. The lowest BCUT2D eigenvalue weighted by Gasteiger charge is -2.10. The molecular weight excluding hydrogens is 357 g/mol. The fraction of sp³-hybridized carbons (Fsp3) is 0.0667. The highest BCUT2D eigenvalue weighted by molar-refractivity contribution is 6.43. The number of rotatable bonds is 3. The molecule has 0 radical (unpaired) electrons. The zero-order valence-corrected chi connectivity index (χ0v) is 13.3. The van der Waals surface area contributed by atoms with Gasteiger partial charge in [0.1, 0.15) is 6.54 Å². The molecule has 120 valence electrons. The number of carbonyl (C=O) groups is 2. The van der Waals surface area contributed by atoms with Gasteiger partial charge in [0.05, 0.1) is 27.4 Å². The van der Waals surface area contributed by atoms with Gasteiger partial charge in [-0.1, -0.05) is 23.2 Å². The number of nitrogens with zero attached hydrogens (tertiary/aromatic N) is 3. The Morgan fingerprint density at radius 1 is 1.04 bits per heavy atom. The van der Waals surface area contributed by atoms with Gasteiger partial charge < -0.3 is 8.83 Å². The average molecular weight is 364 g/mol. The number of fused-ring (bicyclic) bond motifs is 1. The van der Waals surface area contributed by atoms with E-state index in [4.69, 9.17) is 32.0 Å². The Morgan fingerprint density at radius 3 is 2.29 bits per heavy atom. The molecule has 3 heterocycles. The minimum Gasteiger partial charge on any atom is -0.459 e. The third-order valence-electron chi connectivity index (χ3n) is 3.50. The summed E-state index contributed by atoms with van der Waals surface area (Å²) in [6.45, 7) is -0.157. The summed E-state index contributed by atoms with van der Waals surface area (Å²) in [5.41, 5.74) is 0.389. The molecule has 1 aliphatic rings. The van der Waals surface area contributed by atoms with Gasteiger partial charge in [-0.3, -0.25) is 14.5 Å². The van der Waals surface area contributed by atoms with Crippen molar-refractivity contribution in [1.29, 1.82) is 0 Å². The first-order valence-corrected chi connectivity index (χ1v) is 7.51. The van der Waals surface area contributed by atoms with Gasteiger partial charge in [0.2, 0.25) is 5.89 Å². The zero-order chi connectivity index (χ0) is 16.8. The molecule has 0 N–H and O–H groups in total. The van der Waals surface area contributed by atoms with Crippen LogP contribution in [0.2, 0.25) is 10.0 Å². The van der Waals surface area contributed by atoms with Crippen LogP contribution in [0.1, 0.15) is 26.6 Å². The fourth-order valence-electron chi connectivity index (χ4n) is 2.38. The van der Waals surface area contributed by atoms with Crippen molar-refractivity contribution in [1.82, 2.24) is 15.1 Å². The van der Waals surface area contributed by atoms with E-state index < -0.39 is 11.8 Å². The van der Waals surface area contributed by atoms with E-state index in [1.54, 1.807) is 12.1 Å². The number of halogens is 2. The van der Waals surface area contributed by atoms with Crippen LogP contribution in [0.4, 0.5) is 0 Å². The summed E-state index contributed by atoms with van der Waals surface area (Å²) < 4.78 is 10.6. The van der Waals surface area contributed by atoms with Gasteiger partial charge in [-0.25, -0.2) is 0 Å². The van der Waals surface area contributed by atoms with Crippen LogP contribution in [0, 0.1) is 0 Å². The first kappa shape index (κ1) is 14.9. The Bertz CT molecular complexity index is 924. The van der Waals surface area contributed by atoms with Gasteiger partial charge in [0, 0.05) is 0 Å². The molecule has 0 atom stereocenters. The maximum absolute atomic E-state index is 12.4. The van der Waals surface area contributed by atoms with Crippen LogP contribution in [0.15, 0.2) is 39.4 Å². The molecule has 0 aliphatic carbocycles. The van der Waals surface area contributed by atoms with E-state index in [1.165, 1.54) is 18.4 Å². The van der Waals surface area contributed by atoms with Crippen LogP contribution < -0.4 is 0 Å². The molecule has 2 amide bonds. The van der Waals surface area contributed by atoms with E-state index in [1.807, 2.05) is 0 Å². The Morgan fingerprint density at radius 2 is 1.71 bits per heavy atom. The summed E-state index contributed by atoms with van der Waals surface area (Å²) in [6, 6.07) is 6.09. The average Bonchev–Trinajstić information content (AvgIpc) is 3.27. The van der Waals surface area contributed by atoms with Crippen LogP contribution in [0.5, 0.6) is 0 Å². The maximum Gasteiger partial charge on any atom is 0.283 e. The van der Waals surface area contributed by atoms with E-state index in [0.717, 1.165) is 4.90 Å². The van der Waals surface area contributed by atoms with Crippen LogP contribution >= 0.6 is 23.2 Å². The molecule has 0 bridgehead atoms. The fourth-order valence-corrected chi connectivity index (χ4v) is 2.71. The molecule has 24 heavy (non-hydrogen) atoms. The van der Waals surface area contributed by atoms with Crippen molar-refractivity contribution < 1.29 is 18.4 Å². The minimum atomic E-state index is -0.494. The zero-order valence-electron chi connectivity index (χ0n) is 11.8. The molecular formula is C15H7Cl2N3O4. The quantitative estimate of drug-likeness (QED) is 0.662. The number of amides is 2. The first-order chi connectivity index (χ1) is 11.5. The van der Waals surface area contributed by atoms with Crippen molar-refractivity contribution in [2.75, 3.05) is 0 Å². The maximum atomic E-state index is 12.4. The van der Waals surface area contributed by atoms with Crippen molar-refractivity contribution in [3.63, 3.8) is 0 Å². The summed E-state index contributed by atoms with van der Waals surface area (Å²) >= 11 is 11.8. The molecule has 9 heteroatoms. The number of benzene rings is 1. The normalized spacial score (nSPS) is 13.7. The van der Waals surface area contributed by atoms with Crippen molar-refractivity contribution in [3.05, 3.63) is 57.6 Å². The molecule has 0 unspecified atom stereocenters. The van der Waals surface area contributed by atoms with E-state index in [2.05, 4.69) is 10.2 Å². The second-order valence-electron chi connectivity index (χ2n) is 4.99. The number of hydrogen-bond acceptors (Lipinski definition) is 6. The highest BCUT2D eigenvalue weighted by Crippen LogP contribution is 2.32. The van der Waals surface area contributed by atoms with Crippen LogP contribution in [-0.2, 0) is 6.54 Å².